The van der Waals surface area contributed by atoms with Crippen LogP contribution in [0.5, 0.6) is 0 Å². The number of likely N-dealkylation sites (N-methyl/N-ethyl adjacent to an activating group) is 1. The first-order chi connectivity index (χ1) is 5.54. The van der Waals surface area contributed by atoms with Gasteiger partial charge in [0.25, 0.3) is 0 Å². The van der Waals surface area contributed by atoms with E-state index in [2.05, 4.69) is 18.7 Å². The van der Waals surface area contributed by atoms with E-state index in [0.29, 0.717) is 6.04 Å². The first-order valence-corrected chi connectivity index (χ1v) is 4.62. The van der Waals surface area contributed by atoms with Gasteiger partial charge >= 0.3 is 0 Å². The predicted octanol–water partition coefficient (Wildman–Crippen LogP) is 0.425. The van der Waals surface area contributed by atoms with Crippen LogP contribution in [0.1, 0.15) is 27.2 Å². The highest BCUT2D eigenvalue weighted by Crippen LogP contribution is 2.06. The molecule has 3 heteroatoms. The normalized spacial score (nSPS) is 17.0. The van der Waals surface area contributed by atoms with E-state index in [-0.39, 0.29) is 18.7 Å². The molecular weight excluding hydrogens is 152 g/mol. The number of aliphatic hydroxyl groups excluding tert-OH is 1. The highest BCUT2D eigenvalue weighted by atomic mass is 16.3. The first kappa shape index (κ1) is 11.9. The quantitative estimate of drug-likeness (QED) is 0.635. The Hall–Kier alpha value is -0.120. The number of aliphatic hydroxyl groups is 1. The second-order valence-electron chi connectivity index (χ2n) is 3.58. The van der Waals surface area contributed by atoms with Crippen molar-refractivity contribution in [2.24, 2.45) is 5.73 Å². The lowest BCUT2D eigenvalue weighted by atomic mass is 10.1. The number of rotatable bonds is 5. The zero-order chi connectivity index (χ0) is 9.72. The number of hydrogen-bond donors (Lipinski definition) is 2. The van der Waals surface area contributed by atoms with Crippen LogP contribution in [-0.4, -0.2) is 41.8 Å². The fourth-order valence-electron chi connectivity index (χ4n) is 1.22. The fourth-order valence-corrected chi connectivity index (χ4v) is 1.22. The SMILES string of the molecule is CCC(N)C(CO)N(C)C(C)C. The van der Waals surface area contributed by atoms with E-state index in [1.54, 1.807) is 0 Å². The summed E-state index contributed by atoms with van der Waals surface area (Å²) < 4.78 is 0. The molecule has 12 heavy (non-hydrogen) atoms. The molecule has 0 amide bonds. The topological polar surface area (TPSA) is 49.5 Å². The molecule has 0 rings (SSSR count). The van der Waals surface area contributed by atoms with E-state index in [9.17, 15) is 0 Å². The summed E-state index contributed by atoms with van der Waals surface area (Å²) in [6.07, 6.45) is 0.905. The van der Waals surface area contributed by atoms with Gasteiger partial charge in [0.2, 0.25) is 0 Å². The second kappa shape index (κ2) is 5.51. The molecule has 0 spiro atoms. The molecule has 3 nitrogen and oxygen atoms in total. The molecule has 0 aliphatic heterocycles. The summed E-state index contributed by atoms with van der Waals surface area (Å²) in [5.74, 6) is 0. The van der Waals surface area contributed by atoms with Gasteiger partial charge in [-0.3, -0.25) is 4.90 Å². The molecular formula is C9H22N2O. The Morgan fingerprint density at radius 3 is 2.17 bits per heavy atom. The molecule has 0 saturated heterocycles. The summed E-state index contributed by atoms with van der Waals surface area (Å²) in [7, 11) is 2.00. The van der Waals surface area contributed by atoms with Crippen LogP contribution in [0.15, 0.2) is 0 Å². The summed E-state index contributed by atoms with van der Waals surface area (Å²) >= 11 is 0. The molecule has 0 fully saturated rings. The molecule has 2 unspecified atom stereocenters. The molecule has 0 aliphatic rings. The van der Waals surface area contributed by atoms with Crippen LogP contribution >= 0.6 is 0 Å². The predicted molar refractivity (Wildman–Crippen MR) is 52.0 cm³/mol. The summed E-state index contributed by atoms with van der Waals surface area (Å²) in [4.78, 5) is 2.12. The molecule has 74 valence electrons. The smallest absolute Gasteiger partial charge is 0.0601 e. The van der Waals surface area contributed by atoms with Gasteiger partial charge in [0.15, 0.2) is 0 Å². The number of nitrogens with two attached hydrogens (primary N) is 1. The molecule has 0 bridgehead atoms. The van der Waals surface area contributed by atoms with Gasteiger partial charge in [-0.25, -0.2) is 0 Å². The third-order valence-electron chi connectivity index (χ3n) is 2.49. The molecule has 0 aromatic rings. The lowest BCUT2D eigenvalue weighted by molar-refractivity contribution is 0.102. The van der Waals surface area contributed by atoms with Crippen molar-refractivity contribution in [1.82, 2.24) is 4.90 Å². The van der Waals surface area contributed by atoms with Gasteiger partial charge in [-0.1, -0.05) is 6.92 Å². The van der Waals surface area contributed by atoms with Gasteiger partial charge in [0.1, 0.15) is 0 Å². The minimum absolute atomic E-state index is 0.0717. The molecule has 0 aromatic heterocycles. The zero-order valence-electron chi connectivity index (χ0n) is 8.62. The lowest BCUT2D eigenvalue weighted by Crippen LogP contribution is -2.50. The summed E-state index contributed by atoms with van der Waals surface area (Å²) in [6.45, 7) is 6.39. The van der Waals surface area contributed by atoms with E-state index < -0.39 is 0 Å². The van der Waals surface area contributed by atoms with E-state index in [4.69, 9.17) is 10.8 Å². The molecule has 0 saturated carbocycles. The lowest BCUT2D eigenvalue weighted by Gasteiger charge is -2.33. The summed E-state index contributed by atoms with van der Waals surface area (Å²) in [6, 6.07) is 0.595. The van der Waals surface area contributed by atoms with E-state index in [1.165, 1.54) is 0 Å². The minimum Gasteiger partial charge on any atom is -0.395 e. The monoisotopic (exact) mass is 174 g/mol. The van der Waals surface area contributed by atoms with Crippen molar-refractivity contribution in [3.8, 4) is 0 Å². The van der Waals surface area contributed by atoms with Gasteiger partial charge in [0.05, 0.1) is 6.61 Å². The van der Waals surface area contributed by atoms with Crippen LogP contribution in [0.25, 0.3) is 0 Å². The van der Waals surface area contributed by atoms with Crippen LogP contribution < -0.4 is 5.73 Å². The third kappa shape index (κ3) is 3.09. The summed E-state index contributed by atoms with van der Waals surface area (Å²) in [5.41, 5.74) is 5.86. The van der Waals surface area contributed by atoms with Gasteiger partial charge < -0.3 is 10.8 Å². The van der Waals surface area contributed by atoms with Crippen LogP contribution in [0.3, 0.4) is 0 Å². The van der Waals surface area contributed by atoms with Crippen LogP contribution in [-0.2, 0) is 0 Å². The number of hydrogen-bond acceptors (Lipinski definition) is 3. The number of nitrogens with zero attached hydrogens (tertiary/aromatic N) is 1. The van der Waals surface area contributed by atoms with Crippen molar-refractivity contribution in [2.75, 3.05) is 13.7 Å². The van der Waals surface area contributed by atoms with Crippen LogP contribution in [0.2, 0.25) is 0 Å². The standard InChI is InChI=1S/C9H22N2O/c1-5-8(10)9(6-12)11(4)7(2)3/h7-9,12H,5-6,10H2,1-4H3. The maximum Gasteiger partial charge on any atom is 0.0601 e. The first-order valence-electron chi connectivity index (χ1n) is 4.62. The van der Waals surface area contributed by atoms with Crippen molar-refractivity contribution in [1.29, 1.82) is 0 Å². The largest absolute Gasteiger partial charge is 0.395 e. The van der Waals surface area contributed by atoms with E-state index in [0.717, 1.165) is 6.42 Å². The molecule has 3 N–H and O–H groups in total. The van der Waals surface area contributed by atoms with Crippen molar-refractivity contribution < 1.29 is 5.11 Å². The zero-order valence-corrected chi connectivity index (χ0v) is 8.62. The Bertz CT molecular complexity index is 117. The van der Waals surface area contributed by atoms with E-state index >= 15 is 0 Å². The van der Waals surface area contributed by atoms with Crippen molar-refractivity contribution in [3.63, 3.8) is 0 Å². The molecule has 2 atom stereocenters. The van der Waals surface area contributed by atoms with Gasteiger partial charge in [-0.15, -0.1) is 0 Å². The Morgan fingerprint density at radius 2 is 1.92 bits per heavy atom. The average molecular weight is 174 g/mol. The highest BCUT2D eigenvalue weighted by molar-refractivity contribution is 4.80. The van der Waals surface area contributed by atoms with E-state index in [1.807, 2.05) is 14.0 Å². The van der Waals surface area contributed by atoms with Crippen LogP contribution in [0.4, 0.5) is 0 Å². The Balaban J connectivity index is 4.13. The molecule has 0 radical (unpaired) electrons. The maximum absolute atomic E-state index is 9.13. The Morgan fingerprint density at radius 1 is 1.42 bits per heavy atom. The fraction of sp³-hybridized carbons (Fsp3) is 1.00. The molecule has 0 aliphatic carbocycles. The van der Waals surface area contributed by atoms with Crippen molar-refractivity contribution in [2.45, 2.75) is 45.3 Å². The Kier molecular flexibility index (Phi) is 5.46. The minimum atomic E-state index is 0.0717. The summed E-state index contributed by atoms with van der Waals surface area (Å²) in [5, 5.41) is 9.13. The van der Waals surface area contributed by atoms with Gasteiger partial charge in [0, 0.05) is 18.1 Å². The third-order valence-corrected chi connectivity index (χ3v) is 2.49. The average Bonchev–Trinajstić information content (AvgIpc) is 2.05. The van der Waals surface area contributed by atoms with Gasteiger partial charge in [-0.2, -0.15) is 0 Å². The van der Waals surface area contributed by atoms with Crippen molar-refractivity contribution >= 4 is 0 Å². The van der Waals surface area contributed by atoms with Crippen LogP contribution in [0, 0.1) is 0 Å². The molecule has 0 aromatic carbocycles. The Labute approximate surface area is 75.6 Å². The van der Waals surface area contributed by atoms with Gasteiger partial charge in [-0.05, 0) is 27.3 Å². The highest BCUT2D eigenvalue weighted by Gasteiger charge is 2.21. The molecule has 0 heterocycles. The van der Waals surface area contributed by atoms with Crippen molar-refractivity contribution in [3.05, 3.63) is 0 Å². The maximum atomic E-state index is 9.13. The second-order valence-corrected chi connectivity index (χ2v) is 3.58.